The average Bonchev–Trinajstić information content (AvgIpc) is 2.45. The van der Waals surface area contributed by atoms with Crippen LogP contribution in [0.5, 0.6) is 0 Å². The van der Waals surface area contributed by atoms with E-state index in [2.05, 4.69) is 10.4 Å². The third kappa shape index (κ3) is 1.35. The summed E-state index contributed by atoms with van der Waals surface area (Å²) in [5.41, 5.74) is 12.1. The predicted octanol–water partition coefficient (Wildman–Crippen LogP) is 0.374. The zero-order valence-electron chi connectivity index (χ0n) is 7.41. The summed E-state index contributed by atoms with van der Waals surface area (Å²) in [6.45, 7) is 2.00. The largest absolute Gasteiger partial charge is 0.394 e. The smallest absolute Gasteiger partial charge is 0.149 e. The normalized spacial score (nSPS) is 12.9. The van der Waals surface area contributed by atoms with Crippen LogP contribution in [0.2, 0.25) is 0 Å². The van der Waals surface area contributed by atoms with Crippen LogP contribution in [0.15, 0.2) is 6.20 Å². The summed E-state index contributed by atoms with van der Waals surface area (Å²) < 4.78 is 1.69. The third-order valence-electron chi connectivity index (χ3n) is 1.79. The predicted molar refractivity (Wildman–Crippen MR) is 49.7 cm³/mol. The van der Waals surface area contributed by atoms with Gasteiger partial charge in [0.25, 0.3) is 0 Å². The highest BCUT2D eigenvalue weighted by Gasteiger charge is 2.10. The summed E-state index contributed by atoms with van der Waals surface area (Å²) in [6.07, 6.45) is 2.32. The van der Waals surface area contributed by atoms with Crippen LogP contribution in [0.1, 0.15) is 19.5 Å². The van der Waals surface area contributed by atoms with Crippen molar-refractivity contribution in [3.63, 3.8) is 0 Å². The highest BCUT2D eigenvalue weighted by Crippen LogP contribution is 2.19. The van der Waals surface area contributed by atoms with Crippen LogP contribution in [0.3, 0.4) is 0 Å². The molecule has 1 aromatic rings. The van der Waals surface area contributed by atoms with Crippen molar-refractivity contribution in [1.29, 1.82) is 0 Å². The minimum absolute atomic E-state index is 0.107. The molecule has 0 aliphatic heterocycles. The molecule has 0 bridgehead atoms. The van der Waals surface area contributed by atoms with Gasteiger partial charge in [0.2, 0.25) is 0 Å². The number of nitrogen functional groups attached to an aromatic ring is 1. The molecule has 5 N–H and O–H groups in total. The highest BCUT2D eigenvalue weighted by atomic mass is 15.4. The van der Waals surface area contributed by atoms with Crippen molar-refractivity contribution in [1.82, 2.24) is 9.78 Å². The molecule has 1 unspecified atom stereocenters. The fraction of sp³-hybridized carbons (Fsp3) is 0.571. The van der Waals surface area contributed by atoms with Crippen LogP contribution in [0.25, 0.3) is 0 Å². The van der Waals surface area contributed by atoms with Crippen LogP contribution in [0.4, 0.5) is 11.5 Å². The second kappa shape index (κ2) is 3.44. The fourth-order valence-corrected chi connectivity index (χ4v) is 1.06. The number of nitrogens with zero attached hydrogens (tertiary/aromatic N) is 2. The van der Waals surface area contributed by atoms with E-state index >= 15 is 0 Å². The zero-order valence-corrected chi connectivity index (χ0v) is 7.41. The van der Waals surface area contributed by atoms with E-state index < -0.39 is 0 Å². The first-order valence-corrected chi connectivity index (χ1v) is 3.97. The van der Waals surface area contributed by atoms with Crippen molar-refractivity contribution in [2.45, 2.75) is 19.5 Å². The lowest BCUT2D eigenvalue weighted by molar-refractivity contribution is 0.462. The lowest BCUT2D eigenvalue weighted by Crippen LogP contribution is -2.20. The summed E-state index contributed by atoms with van der Waals surface area (Å²) in [4.78, 5) is 0. The first-order valence-electron chi connectivity index (χ1n) is 3.97. The Morgan fingerprint density at radius 2 is 2.42 bits per heavy atom. The van der Waals surface area contributed by atoms with Crippen LogP contribution in [0, 0.1) is 0 Å². The monoisotopic (exact) mass is 169 g/mol. The molecular formula is C7H15N5. The van der Waals surface area contributed by atoms with Gasteiger partial charge in [0.1, 0.15) is 12.0 Å². The van der Waals surface area contributed by atoms with E-state index in [0.29, 0.717) is 5.69 Å². The van der Waals surface area contributed by atoms with Crippen LogP contribution in [-0.4, -0.2) is 16.8 Å². The van der Waals surface area contributed by atoms with Gasteiger partial charge in [-0.1, -0.05) is 6.92 Å². The molecule has 0 aliphatic carbocycles. The van der Waals surface area contributed by atoms with E-state index in [1.807, 2.05) is 6.92 Å². The summed E-state index contributed by atoms with van der Waals surface area (Å²) in [6, 6.07) is 0. The maximum atomic E-state index is 5.79. The van der Waals surface area contributed by atoms with Crippen molar-refractivity contribution in [2.75, 3.05) is 18.1 Å². The van der Waals surface area contributed by atoms with Gasteiger partial charge in [-0.3, -0.25) is 0 Å². The Bertz CT molecular complexity index is 254. The molecule has 0 saturated heterocycles. The Balaban J connectivity index is 2.98. The van der Waals surface area contributed by atoms with E-state index in [-0.39, 0.29) is 6.17 Å². The lowest BCUT2D eigenvalue weighted by atomic mass is 10.4. The van der Waals surface area contributed by atoms with Gasteiger partial charge in [-0.25, -0.2) is 4.68 Å². The van der Waals surface area contributed by atoms with Gasteiger partial charge in [0.05, 0.1) is 11.9 Å². The SMILES string of the molecule is CCC(N)n1ncc(N)c1NC. The molecular weight excluding hydrogens is 154 g/mol. The van der Waals surface area contributed by atoms with Gasteiger partial charge >= 0.3 is 0 Å². The van der Waals surface area contributed by atoms with Gasteiger partial charge in [-0.2, -0.15) is 5.10 Å². The van der Waals surface area contributed by atoms with Crippen LogP contribution >= 0.6 is 0 Å². The minimum atomic E-state index is -0.107. The van der Waals surface area contributed by atoms with E-state index in [1.165, 1.54) is 0 Å². The molecule has 0 fully saturated rings. The lowest BCUT2D eigenvalue weighted by Gasteiger charge is -2.13. The van der Waals surface area contributed by atoms with E-state index in [4.69, 9.17) is 11.5 Å². The molecule has 0 spiro atoms. The van der Waals surface area contributed by atoms with Crippen molar-refractivity contribution < 1.29 is 0 Å². The molecule has 0 amide bonds. The average molecular weight is 169 g/mol. The number of aromatic nitrogens is 2. The van der Waals surface area contributed by atoms with Crippen molar-refractivity contribution in [3.05, 3.63) is 6.20 Å². The van der Waals surface area contributed by atoms with Crippen LogP contribution in [-0.2, 0) is 0 Å². The molecule has 68 valence electrons. The Morgan fingerprint density at radius 3 is 2.92 bits per heavy atom. The molecule has 0 aliphatic rings. The molecule has 12 heavy (non-hydrogen) atoms. The van der Waals surface area contributed by atoms with Gasteiger partial charge in [0.15, 0.2) is 0 Å². The molecule has 5 nitrogen and oxygen atoms in total. The summed E-state index contributed by atoms with van der Waals surface area (Å²) >= 11 is 0. The molecule has 1 atom stereocenters. The molecule has 0 radical (unpaired) electrons. The maximum absolute atomic E-state index is 5.79. The first-order chi connectivity index (χ1) is 5.70. The number of anilines is 2. The van der Waals surface area contributed by atoms with Crippen molar-refractivity contribution in [3.8, 4) is 0 Å². The molecule has 1 rings (SSSR count). The van der Waals surface area contributed by atoms with E-state index in [0.717, 1.165) is 12.2 Å². The minimum Gasteiger partial charge on any atom is -0.394 e. The highest BCUT2D eigenvalue weighted by molar-refractivity contribution is 5.60. The topological polar surface area (TPSA) is 81.9 Å². The maximum Gasteiger partial charge on any atom is 0.149 e. The Hall–Kier alpha value is -1.23. The number of hydrogen-bond acceptors (Lipinski definition) is 4. The number of rotatable bonds is 3. The number of nitrogens with two attached hydrogens (primary N) is 2. The summed E-state index contributed by atoms with van der Waals surface area (Å²) in [7, 11) is 1.80. The molecule has 0 aromatic carbocycles. The second-order valence-corrected chi connectivity index (χ2v) is 2.62. The molecule has 5 heteroatoms. The van der Waals surface area contributed by atoms with Gasteiger partial charge < -0.3 is 16.8 Å². The van der Waals surface area contributed by atoms with Crippen molar-refractivity contribution in [2.24, 2.45) is 5.73 Å². The van der Waals surface area contributed by atoms with Crippen molar-refractivity contribution >= 4 is 11.5 Å². The third-order valence-corrected chi connectivity index (χ3v) is 1.79. The van der Waals surface area contributed by atoms with Gasteiger partial charge in [-0.05, 0) is 6.42 Å². The molecule has 0 saturated carbocycles. The Kier molecular flexibility index (Phi) is 2.54. The summed E-state index contributed by atoms with van der Waals surface area (Å²) in [5.74, 6) is 0.782. The standard InChI is InChI=1S/C7H15N5/c1-3-6(9)12-7(10-2)5(8)4-11-12/h4,6,10H,3,8-9H2,1-2H3. The van der Waals surface area contributed by atoms with Crippen LogP contribution < -0.4 is 16.8 Å². The van der Waals surface area contributed by atoms with E-state index in [1.54, 1.807) is 17.9 Å². The summed E-state index contributed by atoms with van der Waals surface area (Å²) in [5, 5.41) is 7.02. The van der Waals surface area contributed by atoms with Gasteiger partial charge in [0, 0.05) is 7.05 Å². The molecule has 1 heterocycles. The molecule has 1 aromatic heterocycles. The first kappa shape index (κ1) is 8.86. The second-order valence-electron chi connectivity index (χ2n) is 2.62. The Morgan fingerprint density at radius 1 is 1.75 bits per heavy atom. The Labute approximate surface area is 71.7 Å². The van der Waals surface area contributed by atoms with Gasteiger partial charge in [-0.15, -0.1) is 0 Å². The number of hydrogen-bond donors (Lipinski definition) is 3. The fourth-order valence-electron chi connectivity index (χ4n) is 1.06. The zero-order chi connectivity index (χ0) is 9.14. The van der Waals surface area contributed by atoms with E-state index in [9.17, 15) is 0 Å². The quantitative estimate of drug-likeness (QED) is 0.610. The number of nitrogens with one attached hydrogen (secondary N) is 1.